The zero-order valence-electron chi connectivity index (χ0n) is 14.0. The standard InChI is InChI=1S/C16H21N5O2S/c1-4-14-19-20-16(24-14)18-15(22)12-5-6-13(17-7-12)21-8-10(2)23-11(3)9-21/h5-7,10-11H,4,8-9H2,1-3H3,(H,18,20,22)/t10-,11-/m1/s1. The van der Waals surface area contributed by atoms with Gasteiger partial charge in [0.25, 0.3) is 5.91 Å². The van der Waals surface area contributed by atoms with E-state index < -0.39 is 0 Å². The van der Waals surface area contributed by atoms with Gasteiger partial charge < -0.3 is 9.64 Å². The van der Waals surface area contributed by atoms with Gasteiger partial charge in [0.2, 0.25) is 5.13 Å². The zero-order chi connectivity index (χ0) is 17.1. The second-order valence-electron chi connectivity index (χ2n) is 5.88. The third-order valence-corrected chi connectivity index (χ3v) is 4.73. The van der Waals surface area contributed by atoms with Crippen LogP contribution in [-0.4, -0.2) is 46.4 Å². The minimum atomic E-state index is -0.225. The van der Waals surface area contributed by atoms with Crippen molar-refractivity contribution in [2.24, 2.45) is 0 Å². The third kappa shape index (κ3) is 3.88. The van der Waals surface area contributed by atoms with Gasteiger partial charge >= 0.3 is 0 Å². The molecule has 2 aromatic rings. The summed E-state index contributed by atoms with van der Waals surface area (Å²) in [4.78, 5) is 18.9. The highest BCUT2D eigenvalue weighted by Crippen LogP contribution is 2.20. The van der Waals surface area contributed by atoms with Gasteiger partial charge in [0.1, 0.15) is 10.8 Å². The average molecular weight is 347 g/mol. The highest BCUT2D eigenvalue weighted by atomic mass is 32.1. The quantitative estimate of drug-likeness (QED) is 0.914. The molecule has 0 radical (unpaired) electrons. The Kier molecular flexibility index (Phi) is 5.06. The van der Waals surface area contributed by atoms with Crippen molar-refractivity contribution in [1.82, 2.24) is 15.2 Å². The number of hydrogen-bond donors (Lipinski definition) is 1. The van der Waals surface area contributed by atoms with Crippen LogP contribution in [0.1, 0.15) is 36.1 Å². The SMILES string of the molecule is CCc1nnc(NC(=O)c2ccc(N3C[C@@H](C)O[C@H](C)C3)nc2)s1. The van der Waals surface area contributed by atoms with Gasteiger partial charge in [-0.2, -0.15) is 0 Å². The van der Waals surface area contributed by atoms with Crippen LogP contribution < -0.4 is 10.2 Å². The number of ether oxygens (including phenoxy) is 1. The lowest BCUT2D eigenvalue weighted by atomic mass is 10.2. The number of aryl methyl sites for hydroxylation is 1. The van der Waals surface area contributed by atoms with Crippen LogP contribution >= 0.6 is 11.3 Å². The number of nitrogens with zero attached hydrogens (tertiary/aromatic N) is 4. The van der Waals surface area contributed by atoms with Crippen molar-refractivity contribution in [3.8, 4) is 0 Å². The van der Waals surface area contributed by atoms with E-state index in [4.69, 9.17) is 4.74 Å². The number of carbonyl (C=O) groups is 1. The first-order valence-electron chi connectivity index (χ1n) is 8.05. The molecule has 1 aliphatic heterocycles. The highest BCUT2D eigenvalue weighted by Gasteiger charge is 2.23. The Labute approximate surface area is 145 Å². The van der Waals surface area contributed by atoms with E-state index in [1.165, 1.54) is 11.3 Å². The van der Waals surface area contributed by atoms with Crippen molar-refractivity contribution in [2.75, 3.05) is 23.3 Å². The van der Waals surface area contributed by atoms with Crippen LogP contribution in [0.25, 0.3) is 0 Å². The molecular formula is C16H21N5O2S. The number of pyridine rings is 1. The molecule has 1 saturated heterocycles. The van der Waals surface area contributed by atoms with Crippen molar-refractivity contribution in [1.29, 1.82) is 0 Å². The Morgan fingerprint density at radius 1 is 1.33 bits per heavy atom. The van der Waals surface area contributed by atoms with Crippen LogP contribution in [0.2, 0.25) is 0 Å². The van der Waals surface area contributed by atoms with E-state index in [1.807, 2.05) is 13.0 Å². The van der Waals surface area contributed by atoms with Crippen LogP contribution in [0.15, 0.2) is 18.3 Å². The smallest absolute Gasteiger partial charge is 0.259 e. The predicted molar refractivity (Wildman–Crippen MR) is 93.7 cm³/mol. The molecule has 1 N–H and O–H groups in total. The van der Waals surface area contributed by atoms with Crippen LogP contribution in [0.4, 0.5) is 10.9 Å². The van der Waals surface area contributed by atoms with Crippen LogP contribution in [0.5, 0.6) is 0 Å². The van der Waals surface area contributed by atoms with Gasteiger partial charge in [0.05, 0.1) is 17.8 Å². The lowest BCUT2D eigenvalue weighted by Gasteiger charge is -2.36. The van der Waals surface area contributed by atoms with Gasteiger partial charge in [-0.15, -0.1) is 10.2 Å². The molecule has 2 aromatic heterocycles. The minimum Gasteiger partial charge on any atom is -0.372 e. The van der Waals surface area contributed by atoms with E-state index >= 15 is 0 Å². The van der Waals surface area contributed by atoms with Crippen LogP contribution in [0.3, 0.4) is 0 Å². The molecule has 24 heavy (non-hydrogen) atoms. The summed E-state index contributed by atoms with van der Waals surface area (Å²) in [7, 11) is 0. The minimum absolute atomic E-state index is 0.170. The lowest BCUT2D eigenvalue weighted by Crippen LogP contribution is -2.45. The fourth-order valence-electron chi connectivity index (χ4n) is 2.69. The molecule has 0 spiro atoms. The summed E-state index contributed by atoms with van der Waals surface area (Å²) < 4.78 is 5.73. The Hall–Kier alpha value is -2.06. The van der Waals surface area contributed by atoms with E-state index in [0.29, 0.717) is 10.7 Å². The number of carbonyl (C=O) groups excluding carboxylic acids is 1. The number of amides is 1. The normalized spacial score (nSPS) is 20.9. The molecule has 3 rings (SSSR count). The van der Waals surface area contributed by atoms with E-state index in [1.54, 1.807) is 12.3 Å². The summed E-state index contributed by atoms with van der Waals surface area (Å²) in [5.74, 6) is 0.634. The highest BCUT2D eigenvalue weighted by molar-refractivity contribution is 7.15. The Morgan fingerprint density at radius 3 is 2.67 bits per heavy atom. The molecule has 7 nitrogen and oxygen atoms in total. The summed E-state index contributed by atoms with van der Waals surface area (Å²) >= 11 is 1.39. The van der Waals surface area contributed by atoms with E-state index in [-0.39, 0.29) is 18.1 Å². The Balaban J connectivity index is 1.66. The molecule has 1 amide bonds. The maximum Gasteiger partial charge on any atom is 0.259 e. The lowest BCUT2D eigenvalue weighted by molar-refractivity contribution is -0.00546. The molecule has 3 heterocycles. The van der Waals surface area contributed by atoms with Crippen LogP contribution in [-0.2, 0) is 11.2 Å². The van der Waals surface area contributed by atoms with E-state index in [9.17, 15) is 4.79 Å². The van der Waals surface area contributed by atoms with E-state index in [0.717, 1.165) is 30.3 Å². The van der Waals surface area contributed by atoms with Gasteiger partial charge in [-0.1, -0.05) is 18.3 Å². The number of hydrogen-bond acceptors (Lipinski definition) is 7. The maximum absolute atomic E-state index is 12.3. The van der Waals surface area contributed by atoms with E-state index in [2.05, 4.69) is 39.2 Å². The first-order chi connectivity index (χ1) is 11.5. The summed E-state index contributed by atoms with van der Waals surface area (Å²) in [6, 6.07) is 3.65. The van der Waals surface area contributed by atoms with Gasteiger partial charge in [-0.05, 0) is 32.4 Å². The molecule has 0 aromatic carbocycles. The second-order valence-corrected chi connectivity index (χ2v) is 6.94. The molecule has 128 valence electrons. The number of morpholine rings is 1. The molecule has 8 heteroatoms. The summed E-state index contributed by atoms with van der Waals surface area (Å²) in [5.41, 5.74) is 0.501. The first kappa shape index (κ1) is 16.8. The Bertz CT molecular complexity index is 693. The fourth-order valence-corrected chi connectivity index (χ4v) is 3.36. The molecule has 1 aliphatic rings. The van der Waals surface area contributed by atoms with Gasteiger partial charge in [0, 0.05) is 19.3 Å². The first-order valence-corrected chi connectivity index (χ1v) is 8.87. The largest absolute Gasteiger partial charge is 0.372 e. The van der Waals surface area contributed by atoms with Gasteiger partial charge in [-0.3, -0.25) is 10.1 Å². The molecule has 1 fully saturated rings. The molecule has 0 aliphatic carbocycles. The van der Waals surface area contributed by atoms with Crippen molar-refractivity contribution in [2.45, 2.75) is 39.4 Å². The monoisotopic (exact) mass is 347 g/mol. The second kappa shape index (κ2) is 7.23. The van der Waals surface area contributed by atoms with Gasteiger partial charge in [-0.25, -0.2) is 4.98 Å². The zero-order valence-corrected chi connectivity index (χ0v) is 14.8. The number of nitrogens with one attached hydrogen (secondary N) is 1. The average Bonchev–Trinajstić information content (AvgIpc) is 3.01. The number of rotatable bonds is 4. The fraction of sp³-hybridized carbons (Fsp3) is 0.500. The summed E-state index contributed by atoms with van der Waals surface area (Å²) in [6.07, 6.45) is 2.74. The third-order valence-electron chi connectivity index (χ3n) is 3.74. The molecular weight excluding hydrogens is 326 g/mol. The van der Waals surface area contributed by atoms with Gasteiger partial charge in [0.15, 0.2) is 0 Å². The van der Waals surface area contributed by atoms with Crippen molar-refractivity contribution in [3.63, 3.8) is 0 Å². The molecule has 0 saturated carbocycles. The number of anilines is 2. The summed E-state index contributed by atoms with van der Waals surface area (Å²) in [6.45, 7) is 7.71. The molecule has 0 unspecified atom stereocenters. The topological polar surface area (TPSA) is 80.2 Å². The number of aromatic nitrogens is 3. The predicted octanol–water partition coefficient (Wildman–Crippen LogP) is 2.36. The molecule has 0 bridgehead atoms. The van der Waals surface area contributed by atoms with Crippen molar-refractivity contribution >= 4 is 28.2 Å². The van der Waals surface area contributed by atoms with Crippen molar-refractivity contribution in [3.05, 3.63) is 28.9 Å². The van der Waals surface area contributed by atoms with Crippen molar-refractivity contribution < 1.29 is 9.53 Å². The molecule has 2 atom stereocenters. The Morgan fingerprint density at radius 2 is 2.08 bits per heavy atom. The summed E-state index contributed by atoms with van der Waals surface area (Å²) in [5, 5.41) is 12.1. The van der Waals surface area contributed by atoms with Crippen LogP contribution in [0, 0.1) is 0 Å². The maximum atomic E-state index is 12.3.